The lowest BCUT2D eigenvalue weighted by Crippen LogP contribution is -2.10. The maximum atomic E-state index is 11.4. The van der Waals surface area contributed by atoms with E-state index in [1.54, 1.807) is 19.1 Å². The van der Waals surface area contributed by atoms with E-state index < -0.39 is 0 Å². The number of amides is 1. The topological polar surface area (TPSA) is 42.4 Å². The van der Waals surface area contributed by atoms with Crippen LogP contribution in [-0.4, -0.2) is 30.5 Å². The zero-order valence-corrected chi connectivity index (χ0v) is 21.9. The highest BCUT2D eigenvalue weighted by molar-refractivity contribution is 5.83. The van der Waals surface area contributed by atoms with Crippen molar-refractivity contribution in [2.45, 2.75) is 52.9 Å². The van der Waals surface area contributed by atoms with E-state index in [-0.39, 0.29) is 0 Å². The first kappa shape index (κ1) is 26.2. The molecular weight excluding hydrogens is 432 g/mol. The lowest BCUT2D eigenvalue weighted by atomic mass is 9.83. The third-order valence-corrected chi connectivity index (χ3v) is 6.92. The number of benzene rings is 1. The second kappa shape index (κ2) is 12.3. The van der Waals surface area contributed by atoms with Crippen molar-refractivity contribution in [2.75, 3.05) is 14.2 Å². The fourth-order valence-electron chi connectivity index (χ4n) is 4.85. The molecule has 1 unspecified atom stereocenters. The van der Waals surface area contributed by atoms with Crippen LogP contribution in [0.5, 0.6) is 0 Å². The Hall–Kier alpha value is -3.40. The SMILES string of the molecule is C/C=C\C(=C/N(C)C=O)C1=C[C@H](C(C)c2ccccc2)CCc2cc(/C(CC)=C(\C)OC)cnc21. The van der Waals surface area contributed by atoms with Gasteiger partial charge in [0.1, 0.15) is 0 Å². The Morgan fingerprint density at radius 3 is 2.66 bits per heavy atom. The Labute approximate surface area is 210 Å². The van der Waals surface area contributed by atoms with Crippen molar-refractivity contribution < 1.29 is 9.53 Å². The number of hydrogen-bond donors (Lipinski definition) is 0. The molecule has 0 spiro atoms. The molecule has 0 fully saturated rings. The average molecular weight is 471 g/mol. The van der Waals surface area contributed by atoms with Crippen LogP contribution in [0.1, 0.15) is 68.8 Å². The number of rotatable bonds is 9. The number of nitrogens with zero attached hydrogens (tertiary/aromatic N) is 2. The zero-order chi connectivity index (χ0) is 25.4. The van der Waals surface area contributed by atoms with E-state index in [0.717, 1.165) is 53.8 Å². The Kier molecular flexibility index (Phi) is 9.25. The monoisotopic (exact) mass is 470 g/mol. The van der Waals surface area contributed by atoms with Gasteiger partial charge in [-0.1, -0.05) is 62.4 Å². The molecule has 4 nitrogen and oxygen atoms in total. The van der Waals surface area contributed by atoms with E-state index in [9.17, 15) is 4.79 Å². The van der Waals surface area contributed by atoms with Gasteiger partial charge in [0, 0.05) is 25.0 Å². The van der Waals surface area contributed by atoms with Gasteiger partial charge in [-0.05, 0) is 78.8 Å². The van der Waals surface area contributed by atoms with Gasteiger partial charge in [0.2, 0.25) is 6.41 Å². The van der Waals surface area contributed by atoms with Crippen LogP contribution >= 0.6 is 0 Å². The quantitative estimate of drug-likeness (QED) is 0.222. The molecule has 0 bridgehead atoms. The summed E-state index contributed by atoms with van der Waals surface area (Å²) < 4.78 is 5.55. The van der Waals surface area contributed by atoms with Crippen molar-refractivity contribution in [1.29, 1.82) is 0 Å². The molecule has 0 aliphatic heterocycles. The predicted octanol–water partition coefficient (Wildman–Crippen LogP) is 7.17. The smallest absolute Gasteiger partial charge is 0.213 e. The highest BCUT2D eigenvalue weighted by atomic mass is 16.5. The van der Waals surface area contributed by atoms with Crippen LogP contribution in [-0.2, 0) is 16.0 Å². The summed E-state index contributed by atoms with van der Waals surface area (Å²) in [6, 6.07) is 13.0. The van der Waals surface area contributed by atoms with Gasteiger partial charge in [-0.25, -0.2) is 0 Å². The summed E-state index contributed by atoms with van der Waals surface area (Å²) in [4.78, 5) is 18.0. The van der Waals surface area contributed by atoms with Gasteiger partial charge >= 0.3 is 0 Å². The van der Waals surface area contributed by atoms with Crippen molar-refractivity contribution >= 4 is 17.6 Å². The number of carbonyl (C=O) groups excluding carboxylic acids is 1. The minimum absolute atomic E-state index is 0.335. The maximum absolute atomic E-state index is 11.4. The molecule has 1 amide bonds. The van der Waals surface area contributed by atoms with Crippen LogP contribution in [0.25, 0.3) is 11.1 Å². The summed E-state index contributed by atoms with van der Waals surface area (Å²) in [6.45, 7) is 8.46. The lowest BCUT2D eigenvalue weighted by molar-refractivity contribution is -0.115. The molecule has 0 saturated heterocycles. The molecule has 1 aliphatic carbocycles. The van der Waals surface area contributed by atoms with E-state index in [1.165, 1.54) is 16.7 Å². The van der Waals surface area contributed by atoms with Gasteiger partial charge < -0.3 is 9.64 Å². The van der Waals surface area contributed by atoms with E-state index in [1.807, 2.05) is 32.3 Å². The Balaban J connectivity index is 2.18. The summed E-state index contributed by atoms with van der Waals surface area (Å²) >= 11 is 0. The fourth-order valence-corrected chi connectivity index (χ4v) is 4.85. The molecule has 1 heterocycles. The first-order valence-electron chi connectivity index (χ1n) is 12.5. The zero-order valence-electron chi connectivity index (χ0n) is 21.9. The highest BCUT2D eigenvalue weighted by Gasteiger charge is 2.25. The molecule has 2 aromatic rings. The molecule has 1 aromatic carbocycles. The van der Waals surface area contributed by atoms with Gasteiger partial charge in [0.15, 0.2) is 0 Å². The van der Waals surface area contributed by atoms with E-state index in [2.05, 4.69) is 62.4 Å². The average Bonchev–Trinajstić information content (AvgIpc) is 3.08. The number of hydrogen-bond acceptors (Lipinski definition) is 3. The molecule has 1 aliphatic rings. The van der Waals surface area contributed by atoms with Crippen LogP contribution in [0, 0.1) is 5.92 Å². The van der Waals surface area contributed by atoms with Crippen molar-refractivity contribution in [3.05, 3.63) is 101 Å². The first-order chi connectivity index (χ1) is 16.9. The van der Waals surface area contributed by atoms with Crippen molar-refractivity contribution in [1.82, 2.24) is 9.88 Å². The molecule has 2 atom stereocenters. The predicted molar refractivity (Wildman–Crippen MR) is 145 cm³/mol. The van der Waals surface area contributed by atoms with Crippen molar-refractivity contribution in [3.63, 3.8) is 0 Å². The van der Waals surface area contributed by atoms with Crippen LogP contribution in [0.4, 0.5) is 0 Å². The number of allylic oxidation sites excluding steroid dienone is 7. The fraction of sp³-hybridized carbons (Fsp3) is 0.355. The van der Waals surface area contributed by atoms with Crippen LogP contribution < -0.4 is 0 Å². The Morgan fingerprint density at radius 1 is 1.29 bits per heavy atom. The number of fused-ring (bicyclic) bond motifs is 1. The minimum atomic E-state index is 0.335. The Bertz CT molecular complexity index is 1140. The third-order valence-electron chi connectivity index (χ3n) is 6.92. The normalized spacial score (nSPS) is 17.7. The van der Waals surface area contributed by atoms with Gasteiger partial charge in [-0.3, -0.25) is 9.78 Å². The molecule has 3 rings (SSSR count). The lowest BCUT2D eigenvalue weighted by Gasteiger charge is -2.21. The summed E-state index contributed by atoms with van der Waals surface area (Å²) in [6.07, 6.45) is 14.0. The number of ether oxygens (including phenoxy) is 1. The summed E-state index contributed by atoms with van der Waals surface area (Å²) in [5.41, 5.74) is 7.91. The summed E-state index contributed by atoms with van der Waals surface area (Å²) in [5, 5.41) is 0. The number of carbonyl (C=O) groups is 1. The largest absolute Gasteiger partial charge is 0.501 e. The van der Waals surface area contributed by atoms with Crippen LogP contribution in [0.3, 0.4) is 0 Å². The highest BCUT2D eigenvalue weighted by Crippen LogP contribution is 2.39. The van der Waals surface area contributed by atoms with Gasteiger partial charge in [0.05, 0.1) is 18.6 Å². The van der Waals surface area contributed by atoms with Crippen LogP contribution in [0.15, 0.2) is 78.4 Å². The van der Waals surface area contributed by atoms with E-state index in [0.29, 0.717) is 11.8 Å². The standard InChI is InChI=1S/C31H38N2O2/c1-7-12-27(20-33(5)21-34)30-18-25(22(3)24-13-10-9-11-14-24)15-16-26-17-28(19-32-31(26)30)29(8-2)23(4)35-6/h7,9-14,17-22,25H,8,15-16H2,1-6H3/b12-7-,27-20+,29-23+/t22?,25-/m1/s1. The van der Waals surface area contributed by atoms with Crippen molar-refractivity contribution in [3.8, 4) is 0 Å². The third kappa shape index (κ3) is 6.19. The molecule has 0 saturated carbocycles. The Morgan fingerprint density at radius 2 is 2.03 bits per heavy atom. The van der Waals surface area contributed by atoms with Crippen LogP contribution in [0.2, 0.25) is 0 Å². The molecule has 0 N–H and O–H groups in total. The second-order valence-electron chi connectivity index (χ2n) is 9.16. The minimum Gasteiger partial charge on any atom is -0.501 e. The van der Waals surface area contributed by atoms with Crippen molar-refractivity contribution in [2.24, 2.45) is 5.92 Å². The van der Waals surface area contributed by atoms with E-state index >= 15 is 0 Å². The number of aryl methyl sites for hydroxylation is 1. The number of pyridine rings is 1. The molecule has 0 radical (unpaired) electrons. The second-order valence-corrected chi connectivity index (χ2v) is 9.16. The molecule has 35 heavy (non-hydrogen) atoms. The molecule has 4 heteroatoms. The van der Waals surface area contributed by atoms with Gasteiger partial charge in [0.25, 0.3) is 0 Å². The van der Waals surface area contributed by atoms with Gasteiger partial charge in [-0.15, -0.1) is 0 Å². The number of methoxy groups -OCH3 is 1. The first-order valence-corrected chi connectivity index (χ1v) is 12.5. The van der Waals surface area contributed by atoms with E-state index in [4.69, 9.17) is 9.72 Å². The van der Waals surface area contributed by atoms with Gasteiger partial charge in [-0.2, -0.15) is 0 Å². The number of aromatic nitrogens is 1. The molecule has 184 valence electrons. The summed E-state index contributed by atoms with van der Waals surface area (Å²) in [5.74, 6) is 1.62. The maximum Gasteiger partial charge on any atom is 0.213 e. The molecular formula is C31H38N2O2. The summed E-state index contributed by atoms with van der Waals surface area (Å²) in [7, 11) is 3.48. The molecule has 1 aromatic heterocycles.